The van der Waals surface area contributed by atoms with E-state index in [4.69, 9.17) is 14.2 Å². The third kappa shape index (κ3) is 67.3. The van der Waals surface area contributed by atoms with E-state index in [-0.39, 0.29) is 31.1 Å². The highest BCUT2D eigenvalue weighted by atomic mass is 16.6. The monoisotopic (exact) mass is 1130 g/mol. The predicted octanol–water partition coefficient (Wildman–Crippen LogP) is 24.2. The molecule has 0 aliphatic rings. The van der Waals surface area contributed by atoms with Crippen molar-refractivity contribution in [1.29, 1.82) is 0 Å². The Labute approximate surface area is 503 Å². The summed E-state index contributed by atoms with van der Waals surface area (Å²) in [4.78, 5) is 38.5. The van der Waals surface area contributed by atoms with E-state index in [2.05, 4.69) is 106 Å². The average Bonchev–Trinajstić information content (AvgIpc) is 3.47. The van der Waals surface area contributed by atoms with E-state index < -0.39 is 6.10 Å². The maximum atomic E-state index is 13.0. The van der Waals surface area contributed by atoms with Gasteiger partial charge < -0.3 is 14.2 Å². The third-order valence-corrected chi connectivity index (χ3v) is 15.4. The lowest BCUT2D eigenvalue weighted by molar-refractivity contribution is -0.167. The first-order valence-electron chi connectivity index (χ1n) is 35.1. The van der Waals surface area contributed by atoms with Crippen LogP contribution >= 0.6 is 0 Å². The van der Waals surface area contributed by atoms with E-state index in [0.717, 1.165) is 116 Å². The van der Waals surface area contributed by atoms with Gasteiger partial charge >= 0.3 is 17.9 Å². The number of carbonyl (C=O) groups is 3. The summed E-state index contributed by atoms with van der Waals surface area (Å²) in [5.41, 5.74) is 0. The smallest absolute Gasteiger partial charge is 0.306 e. The fourth-order valence-corrected chi connectivity index (χ4v) is 10.2. The molecule has 0 N–H and O–H groups in total. The molecule has 0 rings (SSSR count). The Balaban J connectivity index is 4.36. The SMILES string of the molecule is CC/C=C\C/C=C\C/C=C\C/C=C\C/C=C\CCCCCCCCCC(=O)OC(COC(=O)CCCCCCC/C=C\C/C=C\CCCCCC)COC(=O)CCCCCCCCCCCCCCCCCCCCCCCCCC. The number of hydrogen-bond donors (Lipinski definition) is 0. The molecule has 0 aromatic carbocycles. The number of ether oxygens (including phenoxy) is 3. The van der Waals surface area contributed by atoms with Gasteiger partial charge in [0.2, 0.25) is 0 Å². The minimum absolute atomic E-state index is 0.0827. The third-order valence-electron chi connectivity index (χ3n) is 15.4. The zero-order valence-corrected chi connectivity index (χ0v) is 53.8. The van der Waals surface area contributed by atoms with E-state index in [1.165, 1.54) is 199 Å². The van der Waals surface area contributed by atoms with Gasteiger partial charge in [-0.05, 0) is 96.3 Å². The Bertz CT molecular complexity index is 1530. The van der Waals surface area contributed by atoms with Crippen molar-refractivity contribution in [3.05, 3.63) is 85.1 Å². The van der Waals surface area contributed by atoms with Crippen LogP contribution in [0.25, 0.3) is 0 Å². The molecule has 0 saturated carbocycles. The van der Waals surface area contributed by atoms with Crippen LogP contribution in [-0.4, -0.2) is 37.2 Å². The van der Waals surface area contributed by atoms with Crippen LogP contribution in [0.5, 0.6) is 0 Å². The summed E-state index contributed by atoms with van der Waals surface area (Å²) >= 11 is 0. The molecule has 0 spiro atoms. The van der Waals surface area contributed by atoms with E-state index in [9.17, 15) is 14.4 Å². The number of rotatable bonds is 64. The van der Waals surface area contributed by atoms with E-state index in [1.54, 1.807) is 0 Å². The van der Waals surface area contributed by atoms with Crippen LogP contribution in [0.2, 0.25) is 0 Å². The average molecular weight is 1130 g/mol. The summed E-state index contributed by atoms with van der Waals surface area (Å²) in [6.45, 7) is 6.54. The van der Waals surface area contributed by atoms with Crippen molar-refractivity contribution in [2.45, 2.75) is 361 Å². The Morgan fingerprint density at radius 2 is 0.481 bits per heavy atom. The number of carbonyl (C=O) groups excluding carboxylic acids is 3. The summed E-state index contributed by atoms with van der Waals surface area (Å²) in [6.07, 6.45) is 91.7. The molecule has 6 nitrogen and oxygen atoms in total. The number of allylic oxidation sites excluding steroid dienone is 14. The number of unbranched alkanes of at least 4 members (excludes halogenated alkanes) is 39. The molecule has 0 radical (unpaired) electrons. The Morgan fingerprint density at radius 3 is 0.765 bits per heavy atom. The van der Waals surface area contributed by atoms with Gasteiger partial charge in [-0.25, -0.2) is 0 Å². The van der Waals surface area contributed by atoms with Crippen molar-refractivity contribution in [2.75, 3.05) is 13.2 Å². The van der Waals surface area contributed by atoms with Crippen molar-refractivity contribution >= 4 is 17.9 Å². The molecule has 0 amide bonds. The van der Waals surface area contributed by atoms with Crippen molar-refractivity contribution in [1.82, 2.24) is 0 Å². The van der Waals surface area contributed by atoms with Crippen LogP contribution < -0.4 is 0 Å². The van der Waals surface area contributed by atoms with Gasteiger partial charge in [0.1, 0.15) is 13.2 Å². The van der Waals surface area contributed by atoms with Crippen LogP contribution in [-0.2, 0) is 28.6 Å². The molecule has 0 saturated heterocycles. The molecule has 6 heteroatoms. The Hall–Kier alpha value is -3.41. The second kappa shape index (κ2) is 69.1. The van der Waals surface area contributed by atoms with Crippen molar-refractivity contribution in [2.24, 2.45) is 0 Å². The van der Waals surface area contributed by atoms with Crippen LogP contribution in [0, 0.1) is 0 Å². The molecule has 468 valence electrons. The highest BCUT2D eigenvalue weighted by Gasteiger charge is 2.19. The molecule has 0 bridgehead atoms. The zero-order chi connectivity index (χ0) is 58.5. The Kier molecular flexibility index (Phi) is 66.2. The van der Waals surface area contributed by atoms with Crippen LogP contribution in [0.4, 0.5) is 0 Å². The topological polar surface area (TPSA) is 78.9 Å². The summed E-state index contributed by atoms with van der Waals surface area (Å²) in [7, 11) is 0. The summed E-state index contributed by atoms with van der Waals surface area (Å²) in [5.74, 6) is -0.889. The molecule has 81 heavy (non-hydrogen) atoms. The minimum atomic E-state index is -0.790. The summed E-state index contributed by atoms with van der Waals surface area (Å²) in [5, 5.41) is 0. The molecular weight excluding hydrogens is 997 g/mol. The van der Waals surface area contributed by atoms with Gasteiger partial charge in [0.15, 0.2) is 6.10 Å². The molecule has 1 atom stereocenters. The maximum Gasteiger partial charge on any atom is 0.306 e. The molecule has 0 aromatic rings. The molecular formula is C75H132O6. The van der Waals surface area contributed by atoms with E-state index in [1.807, 2.05) is 0 Å². The largest absolute Gasteiger partial charge is 0.462 e. The summed E-state index contributed by atoms with van der Waals surface area (Å²) in [6, 6.07) is 0. The van der Waals surface area contributed by atoms with E-state index in [0.29, 0.717) is 19.3 Å². The zero-order valence-electron chi connectivity index (χ0n) is 53.8. The highest BCUT2D eigenvalue weighted by Crippen LogP contribution is 2.18. The first-order chi connectivity index (χ1) is 40.0. The van der Waals surface area contributed by atoms with Crippen molar-refractivity contribution < 1.29 is 28.6 Å². The van der Waals surface area contributed by atoms with Gasteiger partial charge in [-0.15, -0.1) is 0 Å². The molecule has 0 aromatic heterocycles. The normalized spacial score (nSPS) is 12.6. The van der Waals surface area contributed by atoms with Gasteiger partial charge in [-0.3, -0.25) is 14.4 Å². The molecule has 0 aliphatic heterocycles. The lowest BCUT2D eigenvalue weighted by Crippen LogP contribution is -2.30. The Morgan fingerprint density at radius 1 is 0.259 bits per heavy atom. The van der Waals surface area contributed by atoms with Crippen LogP contribution in [0.15, 0.2) is 85.1 Å². The quantitative estimate of drug-likeness (QED) is 0.0261. The van der Waals surface area contributed by atoms with E-state index >= 15 is 0 Å². The van der Waals surface area contributed by atoms with Crippen molar-refractivity contribution in [3.63, 3.8) is 0 Å². The van der Waals surface area contributed by atoms with Gasteiger partial charge in [0.25, 0.3) is 0 Å². The molecule has 0 heterocycles. The van der Waals surface area contributed by atoms with Gasteiger partial charge in [0.05, 0.1) is 0 Å². The lowest BCUT2D eigenvalue weighted by Gasteiger charge is -2.18. The maximum absolute atomic E-state index is 13.0. The first kappa shape index (κ1) is 77.6. The summed E-state index contributed by atoms with van der Waals surface area (Å²) < 4.78 is 17.0. The lowest BCUT2D eigenvalue weighted by atomic mass is 10.0. The standard InChI is InChI=1S/C75H132O6/c1-4-7-10-13-16-19-22-25-28-31-33-35-37-39-40-42-44-47-50-53-56-59-62-65-68-74(77)80-71-72(70-79-73(76)67-64-61-58-55-52-49-46-30-27-24-21-18-15-12-9-6-3)81-75(78)69-66-63-60-57-54-51-48-45-43-41-38-36-34-32-29-26-23-20-17-14-11-8-5-2/h8,11,17,20-21,24,26,29-30,34,36,41,43,46,72H,4-7,9-10,12-16,18-19,22-23,25,27-28,31-33,35,37-40,42,44-45,47-71H2,1-3H3/b11-8-,20-17-,24-21-,29-26-,36-34-,43-41-,46-30-. The first-order valence-corrected chi connectivity index (χ1v) is 35.1. The van der Waals surface area contributed by atoms with Gasteiger partial charge in [-0.2, -0.15) is 0 Å². The minimum Gasteiger partial charge on any atom is -0.462 e. The molecule has 0 fully saturated rings. The van der Waals surface area contributed by atoms with Gasteiger partial charge in [-0.1, -0.05) is 324 Å². The number of esters is 3. The highest BCUT2D eigenvalue weighted by molar-refractivity contribution is 5.71. The second-order valence-corrected chi connectivity index (χ2v) is 23.4. The number of hydrogen-bond acceptors (Lipinski definition) is 6. The van der Waals surface area contributed by atoms with Gasteiger partial charge in [0, 0.05) is 19.3 Å². The fraction of sp³-hybridized carbons (Fsp3) is 0.773. The van der Waals surface area contributed by atoms with Crippen LogP contribution in [0.3, 0.4) is 0 Å². The second-order valence-electron chi connectivity index (χ2n) is 23.4. The van der Waals surface area contributed by atoms with Crippen LogP contribution in [0.1, 0.15) is 355 Å². The predicted molar refractivity (Wildman–Crippen MR) is 353 cm³/mol. The van der Waals surface area contributed by atoms with Crippen molar-refractivity contribution in [3.8, 4) is 0 Å². The molecule has 1 unspecified atom stereocenters. The fourth-order valence-electron chi connectivity index (χ4n) is 10.2. The molecule has 0 aliphatic carbocycles.